The Hall–Kier alpha value is -1.98. The van der Waals surface area contributed by atoms with Gasteiger partial charge in [-0.1, -0.05) is 12.1 Å². The zero-order chi connectivity index (χ0) is 18.9. The van der Waals surface area contributed by atoms with E-state index in [1.807, 2.05) is 17.2 Å². The van der Waals surface area contributed by atoms with E-state index in [-0.39, 0.29) is 17.9 Å². The third kappa shape index (κ3) is 3.71. The van der Waals surface area contributed by atoms with Gasteiger partial charge in [-0.25, -0.2) is 0 Å². The van der Waals surface area contributed by atoms with Gasteiger partial charge in [-0.05, 0) is 68.0 Å². The van der Waals surface area contributed by atoms with Crippen molar-refractivity contribution in [3.8, 4) is 0 Å². The lowest BCUT2D eigenvalue weighted by molar-refractivity contribution is -0.139. The van der Waals surface area contributed by atoms with Gasteiger partial charge in [-0.15, -0.1) is 0 Å². The Morgan fingerprint density at radius 2 is 2.00 bits per heavy atom. The normalized spacial score (nSPS) is 20.5. The number of aromatic nitrogens is 1. The number of hydrogen-bond donors (Lipinski definition) is 1. The van der Waals surface area contributed by atoms with Crippen LogP contribution in [0.3, 0.4) is 0 Å². The first-order valence-corrected chi connectivity index (χ1v) is 10.0. The minimum Gasteiger partial charge on any atom is -0.395 e. The average Bonchev–Trinajstić information content (AvgIpc) is 2.69. The van der Waals surface area contributed by atoms with E-state index in [0.29, 0.717) is 13.0 Å². The summed E-state index contributed by atoms with van der Waals surface area (Å²) < 4.78 is 0. The zero-order valence-corrected chi connectivity index (χ0v) is 16.2. The molecule has 0 radical (unpaired) electrons. The van der Waals surface area contributed by atoms with Gasteiger partial charge >= 0.3 is 0 Å². The number of aryl methyl sites for hydroxylation is 1. The summed E-state index contributed by atoms with van der Waals surface area (Å²) in [5.41, 5.74) is 4.03. The fraction of sp³-hybridized carbons (Fsp3) is 0.545. The smallest absolute Gasteiger partial charge is 0.222 e. The van der Waals surface area contributed by atoms with Gasteiger partial charge in [0.1, 0.15) is 0 Å². The van der Waals surface area contributed by atoms with Crippen LogP contribution in [-0.2, 0) is 11.3 Å². The molecule has 2 aliphatic heterocycles. The molecular formula is C22H29N3O2. The molecule has 0 bridgehead atoms. The van der Waals surface area contributed by atoms with Gasteiger partial charge < -0.3 is 10.0 Å². The van der Waals surface area contributed by atoms with Gasteiger partial charge in [0.2, 0.25) is 5.91 Å². The highest BCUT2D eigenvalue weighted by molar-refractivity contribution is 5.83. The van der Waals surface area contributed by atoms with E-state index < -0.39 is 0 Å². The van der Waals surface area contributed by atoms with Crippen LogP contribution in [0, 0.1) is 12.3 Å². The van der Waals surface area contributed by atoms with Crippen LogP contribution in [0.4, 0.5) is 0 Å². The molecule has 0 unspecified atom stereocenters. The highest BCUT2D eigenvalue weighted by atomic mass is 16.3. The number of aliphatic hydroxyl groups excluding tert-OH is 1. The second kappa shape index (κ2) is 7.56. The van der Waals surface area contributed by atoms with Gasteiger partial charge in [0.15, 0.2) is 0 Å². The Morgan fingerprint density at radius 3 is 2.78 bits per heavy atom. The first kappa shape index (κ1) is 18.4. The summed E-state index contributed by atoms with van der Waals surface area (Å²) in [6.07, 6.45) is 5.75. The summed E-state index contributed by atoms with van der Waals surface area (Å²) >= 11 is 0. The Bertz CT molecular complexity index is 827. The first-order chi connectivity index (χ1) is 13.1. The van der Waals surface area contributed by atoms with E-state index in [1.165, 1.54) is 16.5 Å². The maximum absolute atomic E-state index is 12.1. The summed E-state index contributed by atoms with van der Waals surface area (Å²) in [6, 6.07) is 8.48. The summed E-state index contributed by atoms with van der Waals surface area (Å²) in [6.45, 7) is 6.64. The molecule has 144 valence electrons. The van der Waals surface area contributed by atoms with Crippen LogP contribution in [0.25, 0.3) is 10.9 Å². The number of piperidine rings is 2. The van der Waals surface area contributed by atoms with E-state index in [4.69, 9.17) is 0 Å². The molecule has 2 saturated heterocycles. The molecule has 2 aliphatic rings. The summed E-state index contributed by atoms with van der Waals surface area (Å²) in [7, 11) is 0. The molecule has 1 aromatic carbocycles. The largest absolute Gasteiger partial charge is 0.395 e. The molecule has 1 spiro atoms. The number of aliphatic hydroxyl groups is 1. The van der Waals surface area contributed by atoms with Crippen LogP contribution in [-0.4, -0.2) is 58.6 Å². The van der Waals surface area contributed by atoms with Crippen molar-refractivity contribution < 1.29 is 9.90 Å². The monoisotopic (exact) mass is 367 g/mol. The van der Waals surface area contributed by atoms with Crippen molar-refractivity contribution in [2.45, 2.75) is 39.2 Å². The van der Waals surface area contributed by atoms with Crippen LogP contribution in [0.5, 0.6) is 0 Å². The molecule has 4 rings (SSSR count). The van der Waals surface area contributed by atoms with E-state index in [0.717, 1.165) is 51.0 Å². The maximum atomic E-state index is 12.1. The van der Waals surface area contributed by atoms with Crippen LogP contribution < -0.4 is 0 Å². The van der Waals surface area contributed by atoms with Crippen LogP contribution in [0.2, 0.25) is 0 Å². The second-order valence-electron chi connectivity index (χ2n) is 8.25. The van der Waals surface area contributed by atoms with Crippen molar-refractivity contribution in [1.29, 1.82) is 0 Å². The molecule has 1 N–H and O–H groups in total. The van der Waals surface area contributed by atoms with E-state index in [2.05, 4.69) is 35.0 Å². The SMILES string of the molecule is Cc1ccc2ncccc2c1CN1CCC2(CCC(=O)N(CCO)C2)CC1. The second-order valence-corrected chi connectivity index (χ2v) is 8.25. The van der Waals surface area contributed by atoms with Crippen molar-refractivity contribution in [2.75, 3.05) is 32.8 Å². The third-order valence-corrected chi connectivity index (χ3v) is 6.55. The number of likely N-dealkylation sites (tertiary alicyclic amines) is 2. The number of carbonyl (C=O) groups excluding carboxylic acids is 1. The number of nitrogens with zero attached hydrogens (tertiary/aromatic N) is 3. The van der Waals surface area contributed by atoms with Crippen molar-refractivity contribution in [2.24, 2.45) is 5.41 Å². The fourth-order valence-electron chi connectivity index (χ4n) is 4.78. The van der Waals surface area contributed by atoms with Crippen molar-refractivity contribution >= 4 is 16.8 Å². The summed E-state index contributed by atoms with van der Waals surface area (Å²) in [5, 5.41) is 10.5. The first-order valence-electron chi connectivity index (χ1n) is 10.0. The van der Waals surface area contributed by atoms with Crippen molar-refractivity contribution in [1.82, 2.24) is 14.8 Å². The highest BCUT2D eigenvalue weighted by Gasteiger charge is 2.40. The van der Waals surface area contributed by atoms with Gasteiger partial charge in [0.05, 0.1) is 12.1 Å². The lowest BCUT2D eigenvalue weighted by atomic mass is 9.72. The molecular weight excluding hydrogens is 338 g/mol. The number of amides is 1. The Morgan fingerprint density at radius 1 is 1.19 bits per heavy atom. The Balaban J connectivity index is 1.45. The topological polar surface area (TPSA) is 56.7 Å². The van der Waals surface area contributed by atoms with Crippen molar-refractivity contribution in [3.05, 3.63) is 41.6 Å². The minimum atomic E-state index is 0.0579. The molecule has 0 saturated carbocycles. The molecule has 1 amide bonds. The number of benzene rings is 1. The molecule has 27 heavy (non-hydrogen) atoms. The number of β-amino-alcohol motifs (C(OH)–C–C–N with tert-alkyl or cyclic N) is 1. The van der Waals surface area contributed by atoms with Crippen LogP contribution in [0.1, 0.15) is 36.8 Å². The predicted octanol–water partition coefficient (Wildman–Crippen LogP) is 2.74. The molecule has 3 heterocycles. The molecule has 5 nitrogen and oxygen atoms in total. The summed E-state index contributed by atoms with van der Waals surface area (Å²) in [5.74, 6) is 0.205. The van der Waals surface area contributed by atoms with Gasteiger partial charge in [-0.2, -0.15) is 0 Å². The predicted molar refractivity (Wildman–Crippen MR) is 106 cm³/mol. The van der Waals surface area contributed by atoms with Gasteiger partial charge in [0.25, 0.3) is 0 Å². The molecule has 1 aromatic heterocycles. The van der Waals surface area contributed by atoms with Crippen LogP contribution >= 0.6 is 0 Å². The molecule has 5 heteroatoms. The quantitative estimate of drug-likeness (QED) is 0.903. The number of carbonyl (C=O) groups is 1. The van der Waals surface area contributed by atoms with E-state index >= 15 is 0 Å². The number of rotatable bonds is 4. The molecule has 2 aromatic rings. The molecule has 0 aliphatic carbocycles. The van der Waals surface area contributed by atoms with Gasteiger partial charge in [0, 0.05) is 37.6 Å². The van der Waals surface area contributed by atoms with E-state index in [1.54, 1.807) is 0 Å². The van der Waals surface area contributed by atoms with Crippen LogP contribution in [0.15, 0.2) is 30.5 Å². The van der Waals surface area contributed by atoms with E-state index in [9.17, 15) is 9.90 Å². The third-order valence-electron chi connectivity index (χ3n) is 6.55. The molecule has 0 atom stereocenters. The van der Waals surface area contributed by atoms with Crippen molar-refractivity contribution in [3.63, 3.8) is 0 Å². The maximum Gasteiger partial charge on any atom is 0.222 e. The standard InChI is InChI=1S/C22H29N3O2/c1-17-4-5-20-18(3-2-10-23-20)19(17)15-24-11-8-22(9-12-24)7-6-21(27)25(16-22)13-14-26/h2-5,10,26H,6-9,11-16H2,1H3. The molecule has 2 fully saturated rings. The fourth-order valence-corrected chi connectivity index (χ4v) is 4.78. The minimum absolute atomic E-state index is 0.0579. The lowest BCUT2D eigenvalue weighted by Gasteiger charge is -2.47. The number of hydrogen-bond acceptors (Lipinski definition) is 4. The zero-order valence-electron chi connectivity index (χ0n) is 16.2. The number of fused-ring (bicyclic) bond motifs is 1. The lowest BCUT2D eigenvalue weighted by Crippen LogP contribution is -2.51. The highest BCUT2D eigenvalue weighted by Crippen LogP contribution is 2.40. The number of pyridine rings is 1. The van der Waals surface area contributed by atoms with Gasteiger partial charge in [-0.3, -0.25) is 14.7 Å². The Kier molecular flexibility index (Phi) is 5.15. The average molecular weight is 367 g/mol. The Labute approximate surface area is 161 Å². The summed E-state index contributed by atoms with van der Waals surface area (Å²) in [4.78, 5) is 21.0.